The monoisotopic (exact) mass is 352 g/mol. The van der Waals surface area contributed by atoms with E-state index >= 15 is 0 Å². The van der Waals surface area contributed by atoms with Gasteiger partial charge in [0.1, 0.15) is 6.61 Å². The van der Waals surface area contributed by atoms with E-state index in [1.54, 1.807) is 0 Å². The van der Waals surface area contributed by atoms with Gasteiger partial charge in [0.25, 0.3) is 0 Å². The van der Waals surface area contributed by atoms with Gasteiger partial charge in [0.2, 0.25) is 0 Å². The molecular formula is C22H28N2O2. The van der Waals surface area contributed by atoms with E-state index in [1.807, 2.05) is 75.5 Å². The van der Waals surface area contributed by atoms with Gasteiger partial charge in [-0.15, -0.1) is 0 Å². The molecule has 4 heteroatoms. The molecule has 0 heterocycles. The standard InChI is InChI=1S/C22H28N2O2/c1-15(2)24(6)14-23-21-12-17(4)20(11-18(21)5)22(25)26-13-19-9-7-16(3)8-10-19/h7-12,14-15H,13H2,1-6H3/b23-14+. The lowest BCUT2D eigenvalue weighted by Gasteiger charge is -2.17. The minimum atomic E-state index is -0.305. The predicted molar refractivity (Wildman–Crippen MR) is 107 cm³/mol. The molecule has 0 aliphatic heterocycles. The van der Waals surface area contributed by atoms with E-state index in [1.165, 1.54) is 5.56 Å². The van der Waals surface area contributed by atoms with Crippen LogP contribution in [0.3, 0.4) is 0 Å². The normalized spacial score (nSPS) is 11.2. The maximum absolute atomic E-state index is 12.5. The van der Waals surface area contributed by atoms with Gasteiger partial charge in [0, 0.05) is 13.1 Å². The molecule has 0 N–H and O–H groups in total. The molecule has 0 unspecified atom stereocenters. The van der Waals surface area contributed by atoms with Crippen LogP contribution in [0.5, 0.6) is 0 Å². The van der Waals surface area contributed by atoms with Crippen molar-refractivity contribution >= 4 is 18.0 Å². The highest BCUT2D eigenvalue weighted by Crippen LogP contribution is 2.24. The first-order valence-electron chi connectivity index (χ1n) is 8.88. The van der Waals surface area contributed by atoms with Crippen molar-refractivity contribution < 1.29 is 9.53 Å². The first-order chi connectivity index (χ1) is 12.3. The quantitative estimate of drug-likeness (QED) is 0.419. The van der Waals surface area contributed by atoms with Gasteiger partial charge in [-0.2, -0.15) is 0 Å². The molecule has 2 aromatic carbocycles. The highest BCUT2D eigenvalue weighted by atomic mass is 16.5. The zero-order valence-corrected chi connectivity index (χ0v) is 16.5. The molecule has 0 saturated heterocycles. The number of carbonyl (C=O) groups excluding carboxylic acids is 1. The first kappa shape index (κ1) is 19.7. The second-order valence-electron chi connectivity index (χ2n) is 7.02. The summed E-state index contributed by atoms with van der Waals surface area (Å²) in [7, 11) is 1.99. The van der Waals surface area contributed by atoms with Gasteiger partial charge in [-0.1, -0.05) is 29.8 Å². The largest absolute Gasteiger partial charge is 0.457 e. The average molecular weight is 352 g/mol. The summed E-state index contributed by atoms with van der Waals surface area (Å²) in [5.74, 6) is -0.305. The number of nitrogens with zero attached hydrogens (tertiary/aromatic N) is 2. The molecule has 138 valence electrons. The Balaban J connectivity index is 2.10. The summed E-state index contributed by atoms with van der Waals surface area (Å²) >= 11 is 0. The number of benzene rings is 2. The van der Waals surface area contributed by atoms with Crippen LogP contribution in [0.2, 0.25) is 0 Å². The number of esters is 1. The number of carbonyl (C=O) groups is 1. The molecule has 0 aliphatic carbocycles. The second-order valence-corrected chi connectivity index (χ2v) is 7.02. The van der Waals surface area contributed by atoms with E-state index in [0.29, 0.717) is 11.6 Å². The van der Waals surface area contributed by atoms with Gasteiger partial charge in [-0.3, -0.25) is 0 Å². The Kier molecular flexibility index (Phi) is 6.56. The van der Waals surface area contributed by atoms with Crippen LogP contribution < -0.4 is 0 Å². The Hall–Kier alpha value is -2.62. The maximum atomic E-state index is 12.5. The number of rotatable bonds is 6. The van der Waals surface area contributed by atoms with Crippen LogP contribution in [0.1, 0.15) is 46.5 Å². The van der Waals surface area contributed by atoms with E-state index < -0.39 is 0 Å². The fraction of sp³-hybridized carbons (Fsp3) is 0.364. The third-order valence-corrected chi connectivity index (χ3v) is 4.45. The summed E-state index contributed by atoms with van der Waals surface area (Å²) in [6, 6.07) is 12.2. The Labute approximate surface area is 156 Å². The molecule has 2 rings (SSSR count). The first-order valence-corrected chi connectivity index (χ1v) is 8.88. The lowest BCUT2D eigenvalue weighted by molar-refractivity contribution is 0.0472. The third kappa shape index (κ3) is 5.19. The molecule has 0 spiro atoms. The van der Waals surface area contributed by atoms with Crippen molar-refractivity contribution in [3.05, 3.63) is 64.2 Å². The van der Waals surface area contributed by atoms with E-state index in [9.17, 15) is 4.79 Å². The second kappa shape index (κ2) is 8.65. The number of hydrogen-bond acceptors (Lipinski definition) is 3. The Morgan fingerprint density at radius 3 is 2.38 bits per heavy atom. The molecule has 2 aromatic rings. The molecule has 4 nitrogen and oxygen atoms in total. The van der Waals surface area contributed by atoms with Crippen molar-refractivity contribution in [1.82, 2.24) is 4.90 Å². The third-order valence-electron chi connectivity index (χ3n) is 4.45. The van der Waals surface area contributed by atoms with Gasteiger partial charge < -0.3 is 9.64 Å². The van der Waals surface area contributed by atoms with Crippen molar-refractivity contribution in [3.8, 4) is 0 Å². The molecule has 0 fully saturated rings. The minimum absolute atomic E-state index is 0.274. The summed E-state index contributed by atoms with van der Waals surface area (Å²) in [4.78, 5) is 19.0. The summed E-state index contributed by atoms with van der Waals surface area (Å²) in [6.07, 6.45) is 1.82. The maximum Gasteiger partial charge on any atom is 0.338 e. The fourth-order valence-electron chi connectivity index (χ4n) is 2.36. The van der Waals surface area contributed by atoms with E-state index in [0.717, 1.165) is 22.4 Å². The lowest BCUT2D eigenvalue weighted by Crippen LogP contribution is -2.24. The minimum Gasteiger partial charge on any atom is -0.457 e. The van der Waals surface area contributed by atoms with Crippen LogP contribution >= 0.6 is 0 Å². The van der Waals surface area contributed by atoms with Crippen molar-refractivity contribution in [2.75, 3.05) is 7.05 Å². The topological polar surface area (TPSA) is 41.9 Å². The summed E-state index contributed by atoms with van der Waals surface area (Å²) in [5, 5.41) is 0. The number of aliphatic imine (C=N–C) groups is 1. The summed E-state index contributed by atoms with van der Waals surface area (Å²) in [5.41, 5.74) is 5.44. The van der Waals surface area contributed by atoms with Crippen molar-refractivity contribution in [2.45, 2.75) is 47.3 Å². The van der Waals surface area contributed by atoms with Crippen molar-refractivity contribution in [3.63, 3.8) is 0 Å². The molecule has 0 atom stereocenters. The molecular weight excluding hydrogens is 324 g/mol. The molecule has 0 amide bonds. The van der Waals surface area contributed by atoms with Crippen LogP contribution in [0, 0.1) is 20.8 Å². The van der Waals surface area contributed by atoms with Crippen LogP contribution in [0.15, 0.2) is 41.4 Å². The SMILES string of the molecule is Cc1ccc(COC(=O)c2cc(C)c(/N=C/N(C)C(C)C)cc2C)cc1. The molecule has 0 radical (unpaired) electrons. The molecule has 0 aliphatic rings. The van der Waals surface area contributed by atoms with Gasteiger partial charge in [-0.25, -0.2) is 9.79 Å². The van der Waals surface area contributed by atoms with Gasteiger partial charge in [-0.05, 0) is 63.4 Å². The van der Waals surface area contributed by atoms with Gasteiger partial charge in [0.15, 0.2) is 0 Å². The summed E-state index contributed by atoms with van der Waals surface area (Å²) < 4.78 is 5.47. The predicted octanol–water partition coefficient (Wildman–Crippen LogP) is 4.97. The Bertz CT molecular complexity index is 793. The summed E-state index contributed by atoms with van der Waals surface area (Å²) in [6.45, 7) is 10.4. The van der Waals surface area contributed by atoms with Crippen LogP contribution in [-0.4, -0.2) is 30.3 Å². The average Bonchev–Trinajstić information content (AvgIpc) is 2.60. The number of hydrogen-bond donors (Lipinski definition) is 0. The van der Waals surface area contributed by atoms with Gasteiger partial charge >= 0.3 is 5.97 Å². The van der Waals surface area contributed by atoms with E-state index in [4.69, 9.17) is 4.74 Å². The van der Waals surface area contributed by atoms with Crippen LogP contribution in [0.4, 0.5) is 5.69 Å². The van der Waals surface area contributed by atoms with Crippen LogP contribution in [0.25, 0.3) is 0 Å². The van der Waals surface area contributed by atoms with E-state index in [2.05, 4.69) is 18.8 Å². The molecule has 0 bridgehead atoms. The smallest absolute Gasteiger partial charge is 0.338 e. The highest BCUT2D eigenvalue weighted by Gasteiger charge is 2.13. The molecule has 0 aromatic heterocycles. The van der Waals surface area contributed by atoms with Gasteiger partial charge in [0.05, 0.1) is 17.6 Å². The molecule has 26 heavy (non-hydrogen) atoms. The van der Waals surface area contributed by atoms with Crippen molar-refractivity contribution in [2.24, 2.45) is 4.99 Å². The number of ether oxygens (including phenoxy) is 1. The zero-order chi connectivity index (χ0) is 19.3. The number of aryl methyl sites for hydroxylation is 3. The van der Waals surface area contributed by atoms with Crippen molar-refractivity contribution in [1.29, 1.82) is 0 Å². The Morgan fingerprint density at radius 2 is 1.77 bits per heavy atom. The van der Waals surface area contributed by atoms with E-state index in [-0.39, 0.29) is 12.6 Å². The zero-order valence-electron chi connectivity index (χ0n) is 16.5. The Morgan fingerprint density at radius 1 is 1.12 bits per heavy atom. The highest BCUT2D eigenvalue weighted by molar-refractivity contribution is 5.92. The lowest BCUT2D eigenvalue weighted by atomic mass is 10.0. The fourth-order valence-corrected chi connectivity index (χ4v) is 2.36. The van der Waals surface area contributed by atoms with Crippen LogP contribution in [-0.2, 0) is 11.3 Å². The molecule has 0 saturated carbocycles.